The molecule has 0 unspecified atom stereocenters. The van der Waals surface area contributed by atoms with Crippen LogP contribution in [0.25, 0.3) is 63.6 Å². The maximum atomic E-state index is 2.54. The smallest absolute Gasteiger partial charge is 0.0506 e. The Morgan fingerprint density at radius 2 is 0.845 bits per heavy atom. The Morgan fingerprint density at radius 3 is 1.50 bits per heavy atom. The summed E-state index contributed by atoms with van der Waals surface area (Å²) in [4.78, 5) is 2.54. The van der Waals surface area contributed by atoms with E-state index in [0.717, 1.165) is 11.4 Å². The van der Waals surface area contributed by atoms with Crippen molar-refractivity contribution in [2.75, 3.05) is 4.90 Å². The largest absolute Gasteiger partial charge is 0.310 e. The topological polar surface area (TPSA) is 3.24 Å². The second-order valence-electron chi connectivity index (χ2n) is 15.9. The van der Waals surface area contributed by atoms with Crippen LogP contribution >= 0.6 is 11.3 Å². The molecule has 0 saturated heterocycles. The number of thiophene rings is 1. The molecule has 3 aliphatic rings. The highest BCUT2D eigenvalue weighted by molar-refractivity contribution is 7.25. The number of benzene rings is 10. The first-order chi connectivity index (χ1) is 28.8. The molecule has 0 radical (unpaired) electrons. The molecule has 14 rings (SSSR count). The zero-order valence-electron chi connectivity index (χ0n) is 31.6. The number of nitrogens with zero attached hydrogens (tertiary/aromatic N) is 1. The Kier molecular flexibility index (Phi) is 6.78. The summed E-state index contributed by atoms with van der Waals surface area (Å²) in [6, 6.07) is 75.1. The standard InChI is InChI=1S/C56H35NS/c1-2-15-34(16-3-1)57(35-29-30-40-38-19-5-4-17-36(38)37-18-6-7-20-39(37)48(40)33-35)49-32-31-46(41-26-14-28-51-52(41)47-25-12-13-27-50(47)58-51)55-53-42-21-8-10-23-44(42)54(56(49)55)45-24-11-9-22-43(45)53/h1-33,53-54H. The van der Waals surface area contributed by atoms with Gasteiger partial charge in [-0.1, -0.05) is 158 Å². The van der Waals surface area contributed by atoms with E-state index in [-0.39, 0.29) is 11.8 Å². The average molecular weight is 754 g/mol. The quantitative estimate of drug-likeness (QED) is 0.162. The molecule has 1 heterocycles. The van der Waals surface area contributed by atoms with E-state index in [0.29, 0.717) is 0 Å². The Hall–Kier alpha value is -7.00. The molecule has 11 aromatic rings. The van der Waals surface area contributed by atoms with Gasteiger partial charge in [-0.25, -0.2) is 0 Å². The molecule has 0 atom stereocenters. The first kappa shape index (κ1) is 32.1. The van der Waals surface area contributed by atoms with Crippen molar-refractivity contribution in [2.24, 2.45) is 0 Å². The van der Waals surface area contributed by atoms with Crippen LogP contribution in [0.5, 0.6) is 0 Å². The van der Waals surface area contributed by atoms with Crippen LogP contribution in [-0.2, 0) is 0 Å². The molecule has 0 N–H and O–H groups in total. The van der Waals surface area contributed by atoms with Crippen molar-refractivity contribution in [2.45, 2.75) is 11.8 Å². The van der Waals surface area contributed by atoms with E-state index < -0.39 is 0 Å². The van der Waals surface area contributed by atoms with Crippen LogP contribution in [-0.4, -0.2) is 0 Å². The van der Waals surface area contributed by atoms with Crippen LogP contribution in [0.1, 0.15) is 45.2 Å². The zero-order chi connectivity index (χ0) is 37.9. The van der Waals surface area contributed by atoms with Gasteiger partial charge >= 0.3 is 0 Å². The van der Waals surface area contributed by atoms with Gasteiger partial charge in [0.1, 0.15) is 0 Å². The van der Waals surface area contributed by atoms with Gasteiger partial charge < -0.3 is 4.90 Å². The summed E-state index contributed by atoms with van der Waals surface area (Å²) in [7, 11) is 0. The second kappa shape index (κ2) is 12.2. The van der Waals surface area contributed by atoms with Crippen LogP contribution in [0.15, 0.2) is 200 Å². The van der Waals surface area contributed by atoms with Crippen molar-refractivity contribution in [3.05, 3.63) is 234 Å². The monoisotopic (exact) mass is 753 g/mol. The summed E-state index contributed by atoms with van der Waals surface area (Å²) in [5.41, 5.74) is 14.7. The molecular formula is C56H35NS. The molecule has 0 amide bonds. The lowest BCUT2D eigenvalue weighted by Crippen LogP contribution is -2.30. The first-order valence-electron chi connectivity index (χ1n) is 20.3. The molecule has 2 heteroatoms. The summed E-state index contributed by atoms with van der Waals surface area (Å²) in [5, 5.41) is 10.4. The number of para-hydroxylation sites is 1. The van der Waals surface area contributed by atoms with Crippen molar-refractivity contribution < 1.29 is 0 Å². The molecule has 10 aromatic carbocycles. The van der Waals surface area contributed by atoms with Gasteiger partial charge in [0.15, 0.2) is 0 Å². The van der Waals surface area contributed by atoms with Gasteiger partial charge in [-0.2, -0.15) is 0 Å². The highest BCUT2D eigenvalue weighted by atomic mass is 32.1. The Morgan fingerprint density at radius 1 is 0.328 bits per heavy atom. The number of anilines is 3. The fourth-order valence-electron chi connectivity index (χ4n) is 10.7. The normalized spacial score (nSPS) is 15.2. The highest BCUT2D eigenvalue weighted by Gasteiger charge is 2.44. The molecule has 3 aliphatic carbocycles. The van der Waals surface area contributed by atoms with Gasteiger partial charge in [-0.05, 0) is 119 Å². The predicted molar refractivity (Wildman–Crippen MR) is 247 cm³/mol. The first-order valence-corrected chi connectivity index (χ1v) is 21.1. The van der Waals surface area contributed by atoms with E-state index in [1.54, 1.807) is 0 Å². The summed E-state index contributed by atoms with van der Waals surface area (Å²) in [6.07, 6.45) is 0. The van der Waals surface area contributed by atoms with Crippen LogP contribution in [0.3, 0.4) is 0 Å². The third-order valence-corrected chi connectivity index (χ3v) is 14.1. The van der Waals surface area contributed by atoms with Crippen molar-refractivity contribution in [1.82, 2.24) is 0 Å². The predicted octanol–water partition coefficient (Wildman–Crippen LogP) is 15.6. The molecule has 2 bridgehead atoms. The van der Waals surface area contributed by atoms with E-state index in [4.69, 9.17) is 0 Å². The molecule has 0 aliphatic heterocycles. The average Bonchev–Trinajstić information content (AvgIpc) is 3.69. The molecule has 58 heavy (non-hydrogen) atoms. The van der Waals surface area contributed by atoms with Crippen molar-refractivity contribution in [1.29, 1.82) is 0 Å². The van der Waals surface area contributed by atoms with E-state index in [1.807, 2.05) is 11.3 Å². The zero-order valence-corrected chi connectivity index (χ0v) is 32.4. The van der Waals surface area contributed by atoms with Crippen LogP contribution in [0.2, 0.25) is 0 Å². The van der Waals surface area contributed by atoms with E-state index in [2.05, 4.69) is 205 Å². The molecule has 1 aromatic heterocycles. The lowest BCUT2D eigenvalue weighted by Gasteiger charge is -2.45. The van der Waals surface area contributed by atoms with Crippen molar-refractivity contribution in [3.63, 3.8) is 0 Å². The summed E-state index contributed by atoms with van der Waals surface area (Å²) in [5.74, 6) is 0.184. The minimum Gasteiger partial charge on any atom is -0.310 e. The Labute approximate surface area is 340 Å². The highest BCUT2D eigenvalue weighted by Crippen LogP contribution is 2.61. The molecule has 270 valence electrons. The molecule has 0 saturated carbocycles. The van der Waals surface area contributed by atoms with Crippen molar-refractivity contribution in [3.8, 4) is 11.1 Å². The second-order valence-corrected chi connectivity index (χ2v) is 16.9. The molecule has 0 fully saturated rings. The SMILES string of the molecule is c1ccc(N(c2ccc3c4ccccc4c4ccccc4c3c2)c2ccc(-c3cccc4sc5ccccc5c34)c3c2C2c4ccccc4C3c3ccccc32)cc1. The summed E-state index contributed by atoms with van der Waals surface area (Å²) < 4.78 is 2.67. The summed E-state index contributed by atoms with van der Waals surface area (Å²) in [6.45, 7) is 0. The van der Waals surface area contributed by atoms with Gasteiger partial charge in [0.05, 0.1) is 5.69 Å². The fourth-order valence-corrected chi connectivity index (χ4v) is 11.9. The maximum Gasteiger partial charge on any atom is 0.0506 e. The lowest BCUT2D eigenvalue weighted by atomic mass is 9.59. The van der Waals surface area contributed by atoms with Gasteiger partial charge in [0.25, 0.3) is 0 Å². The number of rotatable bonds is 4. The van der Waals surface area contributed by atoms with Crippen LogP contribution in [0.4, 0.5) is 17.1 Å². The van der Waals surface area contributed by atoms with Crippen LogP contribution in [0, 0.1) is 0 Å². The molecular weight excluding hydrogens is 719 g/mol. The molecule has 0 spiro atoms. The summed E-state index contributed by atoms with van der Waals surface area (Å²) >= 11 is 1.90. The number of hydrogen-bond donors (Lipinski definition) is 0. The fraction of sp³-hybridized carbons (Fsp3) is 0.0357. The van der Waals surface area contributed by atoms with E-state index in [1.165, 1.54) is 103 Å². The van der Waals surface area contributed by atoms with E-state index in [9.17, 15) is 0 Å². The van der Waals surface area contributed by atoms with E-state index >= 15 is 0 Å². The molecule has 1 nitrogen and oxygen atoms in total. The lowest BCUT2D eigenvalue weighted by molar-refractivity contribution is 0.756. The number of hydrogen-bond acceptors (Lipinski definition) is 2. The third-order valence-electron chi connectivity index (χ3n) is 13.0. The van der Waals surface area contributed by atoms with Crippen molar-refractivity contribution >= 4 is 80.9 Å². The third kappa shape index (κ3) is 4.41. The minimum absolute atomic E-state index is 0.0808. The number of fused-ring (bicyclic) bond motifs is 9. The maximum absolute atomic E-state index is 2.54. The van der Waals surface area contributed by atoms with Crippen LogP contribution < -0.4 is 4.90 Å². The minimum atomic E-state index is 0.0808. The van der Waals surface area contributed by atoms with Gasteiger partial charge in [-0.15, -0.1) is 11.3 Å². The van der Waals surface area contributed by atoms with Gasteiger partial charge in [-0.3, -0.25) is 0 Å². The Bertz CT molecular complexity index is 3400. The Balaban J connectivity index is 1.15. The van der Waals surface area contributed by atoms with Gasteiger partial charge in [0, 0.05) is 43.4 Å². The van der Waals surface area contributed by atoms with Gasteiger partial charge in [0.2, 0.25) is 0 Å².